The zero-order chi connectivity index (χ0) is 26.5. The first-order valence-electron chi connectivity index (χ1n) is 12.7. The van der Waals surface area contributed by atoms with Crippen molar-refractivity contribution in [1.82, 2.24) is 15.2 Å². The highest BCUT2D eigenvalue weighted by molar-refractivity contribution is 7.98. The van der Waals surface area contributed by atoms with E-state index < -0.39 is 5.79 Å². The number of likely N-dealkylation sites (tertiary alicyclic amines) is 1. The lowest BCUT2D eigenvalue weighted by atomic mass is 9.89. The van der Waals surface area contributed by atoms with Crippen molar-refractivity contribution in [3.05, 3.63) is 49.9 Å². The Bertz CT molecular complexity index is 1320. The Balaban J connectivity index is 1.30. The molecule has 0 spiro atoms. The Hall–Kier alpha value is -2.65. The van der Waals surface area contributed by atoms with Crippen LogP contribution in [0.1, 0.15) is 59.8 Å². The zero-order valence-electron chi connectivity index (χ0n) is 21.5. The molecule has 1 atom stereocenters. The molecule has 8 nitrogen and oxygen atoms in total. The molecule has 3 heterocycles. The third-order valence-electron chi connectivity index (χ3n) is 7.64. The van der Waals surface area contributed by atoms with Crippen molar-refractivity contribution in [1.29, 1.82) is 0 Å². The monoisotopic (exact) mass is 545 g/mol. The van der Waals surface area contributed by atoms with Crippen molar-refractivity contribution in [2.45, 2.75) is 63.7 Å². The van der Waals surface area contributed by atoms with Gasteiger partial charge in [-0.3, -0.25) is 14.4 Å². The van der Waals surface area contributed by atoms with Gasteiger partial charge in [0.25, 0.3) is 17.3 Å². The Labute approximate surface area is 225 Å². The van der Waals surface area contributed by atoms with Crippen molar-refractivity contribution in [2.75, 3.05) is 19.3 Å². The van der Waals surface area contributed by atoms with Gasteiger partial charge in [-0.1, -0.05) is 11.6 Å². The van der Waals surface area contributed by atoms with Gasteiger partial charge in [0.05, 0.1) is 5.02 Å². The lowest BCUT2D eigenvalue weighted by molar-refractivity contribution is -0.143. The number of aryl methyl sites for hydroxylation is 1. The molecule has 10 heteroatoms. The number of carbonyl (C=O) groups is 2. The number of hydrogen-bond acceptors (Lipinski definition) is 6. The van der Waals surface area contributed by atoms with Crippen LogP contribution in [0, 0.1) is 25.7 Å². The van der Waals surface area contributed by atoms with Gasteiger partial charge >= 0.3 is 0 Å². The SMILES string of the molecule is CSc1cc(C)[nH]c(=O)c1CNC(=O)c1cc(Cl)c2c(c1C)O[C@@](C)(C1CCN(C(=O)C3CC3)CC1)O2. The zero-order valence-corrected chi connectivity index (χ0v) is 23.1. The van der Waals surface area contributed by atoms with E-state index in [4.69, 9.17) is 21.1 Å². The molecule has 0 unspecified atom stereocenters. The van der Waals surface area contributed by atoms with Crippen molar-refractivity contribution < 1.29 is 19.1 Å². The van der Waals surface area contributed by atoms with Crippen molar-refractivity contribution in [3.8, 4) is 11.5 Å². The number of nitrogens with one attached hydrogen (secondary N) is 2. The number of ether oxygens (including phenoxy) is 2. The molecule has 37 heavy (non-hydrogen) atoms. The van der Waals surface area contributed by atoms with Gasteiger partial charge in [-0.25, -0.2) is 0 Å². The Kier molecular flexibility index (Phi) is 6.96. The fourth-order valence-electron chi connectivity index (χ4n) is 5.26. The third-order valence-corrected chi connectivity index (χ3v) is 8.73. The summed E-state index contributed by atoms with van der Waals surface area (Å²) in [7, 11) is 0. The molecule has 1 saturated heterocycles. The molecule has 0 radical (unpaired) electrons. The van der Waals surface area contributed by atoms with Crippen LogP contribution >= 0.6 is 23.4 Å². The van der Waals surface area contributed by atoms with Gasteiger partial charge in [0.2, 0.25) is 5.91 Å². The molecule has 1 saturated carbocycles. The summed E-state index contributed by atoms with van der Waals surface area (Å²) in [6.45, 7) is 7.00. The van der Waals surface area contributed by atoms with Gasteiger partial charge < -0.3 is 24.7 Å². The highest BCUT2D eigenvalue weighted by Gasteiger charge is 2.48. The van der Waals surface area contributed by atoms with Crippen LogP contribution in [0.3, 0.4) is 0 Å². The summed E-state index contributed by atoms with van der Waals surface area (Å²) in [5.74, 6) is 0.199. The molecule has 3 aliphatic rings. The number of aromatic nitrogens is 1. The quantitative estimate of drug-likeness (QED) is 0.521. The Morgan fingerprint density at radius 2 is 1.84 bits per heavy atom. The van der Waals surface area contributed by atoms with Crippen LogP contribution in [0.5, 0.6) is 11.5 Å². The van der Waals surface area contributed by atoms with E-state index in [0.29, 0.717) is 46.3 Å². The predicted octanol–water partition coefficient (Wildman–Crippen LogP) is 4.43. The minimum atomic E-state index is -0.928. The van der Waals surface area contributed by atoms with Crippen molar-refractivity contribution >= 4 is 35.2 Å². The topological polar surface area (TPSA) is 101 Å². The number of piperidine rings is 1. The van der Waals surface area contributed by atoms with Crippen LogP contribution in [-0.2, 0) is 11.3 Å². The maximum atomic E-state index is 13.2. The van der Waals surface area contributed by atoms with Crippen LogP contribution in [0.2, 0.25) is 5.02 Å². The third kappa shape index (κ3) is 4.95. The highest BCUT2D eigenvalue weighted by atomic mass is 35.5. The molecular formula is C27H32ClN3O5S. The second kappa shape index (κ2) is 9.91. The van der Waals surface area contributed by atoms with Crippen molar-refractivity contribution in [3.63, 3.8) is 0 Å². The summed E-state index contributed by atoms with van der Waals surface area (Å²) in [6, 6.07) is 3.48. The Morgan fingerprint density at radius 1 is 1.16 bits per heavy atom. The maximum Gasteiger partial charge on any atom is 0.254 e. The molecule has 2 aromatic rings. The first-order valence-corrected chi connectivity index (χ1v) is 14.3. The Morgan fingerprint density at radius 3 is 2.49 bits per heavy atom. The minimum absolute atomic E-state index is 0.0779. The van der Waals surface area contributed by atoms with Gasteiger partial charge in [-0.15, -0.1) is 11.8 Å². The normalized spacial score (nSPS) is 21.3. The first kappa shape index (κ1) is 26.0. The molecule has 1 aromatic carbocycles. The number of fused-ring (bicyclic) bond motifs is 1. The molecule has 2 aliphatic heterocycles. The lowest BCUT2D eigenvalue weighted by Gasteiger charge is -2.39. The lowest BCUT2D eigenvalue weighted by Crippen LogP contribution is -2.50. The van der Waals surface area contributed by atoms with Gasteiger partial charge in [-0.05, 0) is 57.9 Å². The number of thioether (sulfide) groups is 1. The number of rotatable bonds is 6. The number of nitrogens with zero attached hydrogens (tertiary/aromatic N) is 1. The van der Waals surface area contributed by atoms with E-state index in [1.165, 1.54) is 11.8 Å². The highest BCUT2D eigenvalue weighted by Crippen LogP contribution is 2.51. The van der Waals surface area contributed by atoms with E-state index in [-0.39, 0.29) is 35.8 Å². The van der Waals surface area contributed by atoms with Crippen LogP contribution in [0.15, 0.2) is 21.8 Å². The predicted molar refractivity (Wildman–Crippen MR) is 143 cm³/mol. The summed E-state index contributed by atoms with van der Waals surface area (Å²) in [6.07, 6.45) is 5.46. The fourth-order valence-corrected chi connectivity index (χ4v) is 6.20. The van der Waals surface area contributed by atoms with Gasteiger partial charge in [0.1, 0.15) is 0 Å². The number of H-pyrrole nitrogens is 1. The molecule has 2 fully saturated rings. The van der Waals surface area contributed by atoms with Gasteiger partial charge in [-0.2, -0.15) is 0 Å². The second-order valence-electron chi connectivity index (χ2n) is 10.3. The summed E-state index contributed by atoms with van der Waals surface area (Å²) >= 11 is 8.04. The first-order chi connectivity index (χ1) is 17.6. The summed E-state index contributed by atoms with van der Waals surface area (Å²) < 4.78 is 12.7. The maximum absolute atomic E-state index is 13.2. The van der Waals surface area contributed by atoms with Crippen LogP contribution in [-0.4, -0.2) is 46.8 Å². The molecule has 0 bridgehead atoms. The van der Waals surface area contributed by atoms with E-state index in [2.05, 4.69) is 10.3 Å². The summed E-state index contributed by atoms with van der Waals surface area (Å²) in [5.41, 5.74) is 2.06. The molecule has 2 N–H and O–H groups in total. The van der Waals surface area contributed by atoms with E-state index >= 15 is 0 Å². The summed E-state index contributed by atoms with van der Waals surface area (Å²) in [4.78, 5) is 43.6. The van der Waals surface area contributed by atoms with Crippen molar-refractivity contribution in [2.24, 2.45) is 11.8 Å². The average molecular weight is 546 g/mol. The molecular weight excluding hydrogens is 514 g/mol. The second-order valence-corrected chi connectivity index (χ2v) is 11.5. The minimum Gasteiger partial charge on any atom is -0.448 e. The average Bonchev–Trinajstić information content (AvgIpc) is 3.66. The molecule has 5 rings (SSSR count). The van der Waals surface area contributed by atoms with E-state index in [1.54, 1.807) is 6.07 Å². The summed E-state index contributed by atoms with van der Waals surface area (Å²) in [5, 5.41) is 3.16. The number of amides is 2. The fraction of sp³-hybridized carbons (Fsp3) is 0.519. The largest absolute Gasteiger partial charge is 0.448 e. The van der Waals surface area contributed by atoms with Crippen LogP contribution in [0.25, 0.3) is 0 Å². The number of aromatic amines is 1. The smallest absolute Gasteiger partial charge is 0.254 e. The van der Waals surface area contributed by atoms with Crippen LogP contribution < -0.4 is 20.3 Å². The number of benzene rings is 1. The molecule has 198 valence electrons. The van der Waals surface area contributed by atoms with Gasteiger partial charge in [0, 0.05) is 65.7 Å². The van der Waals surface area contributed by atoms with Crippen LogP contribution in [0.4, 0.5) is 0 Å². The van der Waals surface area contributed by atoms with Gasteiger partial charge in [0.15, 0.2) is 11.5 Å². The van der Waals surface area contributed by atoms with E-state index in [1.807, 2.05) is 38.0 Å². The van der Waals surface area contributed by atoms with E-state index in [0.717, 1.165) is 36.3 Å². The number of hydrogen-bond donors (Lipinski definition) is 2. The number of pyridine rings is 1. The molecule has 1 aliphatic carbocycles. The number of carbonyl (C=O) groups excluding carboxylic acids is 2. The standard InChI is InChI=1S/C27H32ClN3O5S/c1-14-11-21(37-4)19(25(33)30-14)13-29-24(32)18-12-20(28)23-22(15(18)2)35-27(3,36-23)17-7-9-31(10-8-17)26(34)16-5-6-16/h11-12,16-17H,5-10,13H2,1-4H3,(H,29,32)(H,30,33)/t27-/m1/s1. The number of halogens is 1. The molecule has 2 amide bonds. The molecule has 1 aromatic heterocycles. The van der Waals surface area contributed by atoms with E-state index in [9.17, 15) is 14.4 Å².